The van der Waals surface area contributed by atoms with E-state index in [4.69, 9.17) is 10.5 Å². The number of hydrogen-bond donors (Lipinski definition) is 2. The quantitative estimate of drug-likeness (QED) is 0.848. The van der Waals surface area contributed by atoms with Crippen molar-refractivity contribution in [3.8, 4) is 5.75 Å². The number of amides is 1. The molecule has 0 atom stereocenters. The summed E-state index contributed by atoms with van der Waals surface area (Å²) in [5.74, 6) is -1.81. The van der Waals surface area contributed by atoms with Crippen molar-refractivity contribution < 1.29 is 18.3 Å². The number of nitrogen functional groups attached to an aromatic ring is 1. The molecule has 2 aromatic carbocycles. The number of methoxy groups -OCH3 is 1. The molecule has 0 unspecified atom stereocenters. The van der Waals surface area contributed by atoms with E-state index in [1.54, 1.807) is 0 Å². The van der Waals surface area contributed by atoms with Crippen LogP contribution in [0.2, 0.25) is 0 Å². The van der Waals surface area contributed by atoms with E-state index in [-0.39, 0.29) is 16.9 Å². The van der Waals surface area contributed by atoms with Crippen LogP contribution in [0.4, 0.5) is 20.2 Å². The topological polar surface area (TPSA) is 64.3 Å². The number of carbonyl (C=O) groups excluding carboxylic acids is 1. The van der Waals surface area contributed by atoms with E-state index in [9.17, 15) is 13.6 Å². The van der Waals surface area contributed by atoms with Crippen LogP contribution in [0.25, 0.3) is 0 Å². The molecular formula is C14H12F2N2O2. The largest absolute Gasteiger partial charge is 0.497 e. The molecule has 20 heavy (non-hydrogen) atoms. The minimum absolute atomic E-state index is 0.0921. The van der Waals surface area contributed by atoms with Gasteiger partial charge in [-0.2, -0.15) is 0 Å². The summed E-state index contributed by atoms with van der Waals surface area (Å²) in [6.07, 6.45) is 0. The highest BCUT2D eigenvalue weighted by Gasteiger charge is 2.14. The van der Waals surface area contributed by atoms with Crippen molar-refractivity contribution in [2.75, 3.05) is 18.2 Å². The van der Waals surface area contributed by atoms with E-state index in [0.717, 1.165) is 12.1 Å². The Morgan fingerprint density at radius 1 is 1.15 bits per heavy atom. The molecule has 6 heteroatoms. The van der Waals surface area contributed by atoms with Gasteiger partial charge in [-0.15, -0.1) is 0 Å². The number of halogens is 2. The minimum Gasteiger partial charge on any atom is -0.497 e. The maximum atomic E-state index is 13.6. The highest BCUT2D eigenvalue weighted by molar-refractivity contribution is 6.04. The summed E-state index contributed by atoms with van der Waals surface area (Å²) in [5.41, 5.74) is 5.28. The lowest BCUT2D eigenvalue weighted by molar-refractivity contribution is 0.102. The first-order chi connectivity index (χ1) is 9.51. The van der Waals surface area contributed by atoms with Gasteiger partial charge in [0.25, 0.3) is 5.91 Å². The van der Waals surface area contributed by atoms with Crippen LogP contribution < -0.4 is 15.8 Å². The fourth-order valence-corrected chi connectivity index (χ4v) is 1.63. The van der Waals surface area contributed by atoms with E-state index < -0.39 is 17.5 Å². The zero-order valence-corrected chi connectivity index (χ0v) is 10.6. The van der Waals surface area contributed by atoms with Gasteiger partial charge in [0.2, 0.25) is 0 Å². The lowest BCUT2D eigenvalue weighted by atomic mass is 10.1. The number of anilines is 2. The molecular weight excluding hydrogens is 266 g/mol. The summed E-state index contributed by atoms with van der Waals surface area (Å²) >= 11 is 0. The first-order valence-electron chi connectivity index (χ1n) is 5.71. The van der Waals surface area contributed by atoms with E-state index in [2.05, 4.69) is 5.32 Å². The lowest BCUT2D eigenvalue weighted by Gasteiger charge is -2.09. The van der Waals surface area contributed by atoms with Crippen molar-refractivity contribution in [3.63, 3.8) is 0 Å². The number of hydrogen-bond acceptors (Lipinski definition) is 3. The van der Waals surface area contributed by atoms with Crippen molar-refractivity contribution in [2.45, 2.75) is 0 Å². The molecule has 3 N–H and O–H groups in total. The van der Waals surface area contributed by atoms with Crippen molar-refractivity contribution in [1.29, 1.82) is 0 Å². The summed E-state index contributed by atoms with van der Waals surface area (Å²) in [5, 5.41) is 2.29. The van der Waals surface area contributed by atoms with Gasteiger partial charge in [-0.25, -0.2) is 8.78 Å². The third-order valence-electron chi connectivity index (χ3n) is 2.66. The van der Waals surface area contributed by atoms with Gasteiger partial charge in [-0.1, -0.05) is 0 Å². The third-order valence-corrected chi connectivity index (χ3v) is 2.66. The average molecular weight is 278 g/mol. The van der Waals surface area contributed by atoms with Gasteiger partial charge in [-0.05, 0) is 30.3 Å². The minimum atomic E-state index is -0.772. The molecule has 104 valence electrons. The van der Waals surface area contributed by atoms with E-state index in [0.29, 0.717) is 5.75 Å². The Balaban J connectivity index is 2.27. The molecule has 1 amide bonds. The van der Waals surface area contributed by atoms with Crippen LogP contribution >= 0.6 is 0 Å². The van der Waals surface area contributed by atoms with Crippen LogP contribution in [0.1, 0.15) is 10.4 Å². The second-order valence-corrected chi connectivity index (χ2v) is 4.04. The molecule has 2 aromatic rings. The van der Waals surface area contributed by atoms with Crippen LogP contribution in [-0.4, -0.2) is 13.0 Å². The molecule has 0 bridgehead atoms. The summed E-state index contributed by atoms with van der Waals surface area (Å²) in [4.78, 5) is 11.9. The van der Waals surface area contributed by atoms with Crippen LogP contribution in [0.3, 0.4) is 0 Å². The number of nitrogens with two attached hydrogens (primary N) is 1. The number of carbonyl (C=O) groups is 1. The predicted octanol–water partition coefficient (Wildman–Crippen LogP) is 2.81. The molecule has 0 saturated carbocycles. The Hall–Kier alpha value is -2.63. The number of benzene rings is 2. The molecule has 0 heterocycles. The first kappa shape index (κ1) is 13.8. The molecule has 0 aliphatic carbocycles. The Kier molecular flexibility index (Phi) is 3.84. The fraction of sp³-hybridized carbons (Fsp3) is 0.0714. The third kappa shape index (κ3) is 2.85. The summed E-state index contributed by atoms with van der Waals surface area (Å²) in [7, 11) is 1.42. The highest BCUT2D eigenvalue weighted by atomic mass is 19.1. The molecule has 0 radical (unpaired) electrons. The maximum absolute atomic E-state index is 13.6. The van der Waals surface area contributed by atoms with Gasteiger partial charge in [0, 0.05) is 11.8 Å². The standard InChI is InChI=1S/C14H12F2N2O2/c1-20-9-3-5-11(15)13(7-9)18-14(19)10-4-2-8(17)6-12(10)16/h2-7H,17H2,1H3,(H,18,19). The van der Waals surface area contributed by atoms with E-state index >= 15 is 0 Å². The number of ether oxygens (including phenoxy) is 1. The van der Waals surface area contributed by atoms with Crippen molar-refractivity contribution in [3.05, 3.63) is 53.6 Å². The van der Waals surface area contributed by atoms with Crippen molar-refractivity contribution >= 4 is 17.3 Å². The first-order valence-corrected chi connectivity index (χ1v) is 5.71. The van der Waals surface area contributed by atoms with Gasteiger partial charge < -0.3 is 15.8 Å². The zero-order valence-electron chi connectivity index (χ0n) is 10.6. The molecule has 0 saturated heterocycles. The van der Waals surface area contributed by atoms with Gasteiger partial charge in [0.15, 0.2) is 0 Å². The van der Waals surface area contributed by atoms with Crippen molar-refractivity contribution in [1.82, 2.24) is 0 Å². The van der Waals surface area contributed by atoms with Crippen LogP contribution in [0, 0.1) is 11.6 Å². The molecule has 0 fully saturated rings. The summed E-state index contributed by atoms with van der Waals surface area (Å²) < 4.78 is 32.1. The van der Waals surface area contributed by atoms with Crippen LogP contribution in [0.5, 0.6) is 5.75 Å². The second-order valence-electron chi connectivity index (χ2n) is 4.04. The van der Waals surface area contributed by atoms with Gasteiger partial charge in [-0.3, -0.25) is 4.79 Å². The molecule has 4 nitrogen and oxygen atoms in total. The van der Waals surface area contributed by atoms with Crippen LogP contribution in [0.15, 0.2) is 36.4 Å². The molecule has 0 aromatic heterocycles. The average Bonchev–Trinajstić information content (AvgIpc) is 2.41. The zero-order chi connectivity index (χ0) is 14.7. The molecule has 0 spiro atoms. The maximum Gasteiger partial charge on any atom is 0.258 e. The fourth-order valence-electron chi connectivity index (χ4n) is 1.63. The second kappa shape index (κ2) is 5.56. The number of nitrogens with one attached hydrogen (secondary N) is 1. The molecule has 0 aliphatic heterocycles. The molecule has 2 rings (SSSR count). The van der Waals surface area contributed by atoms with Crippen LogP contribution in [-0.2, 0) is 0 Å². The lowest BCUT2D eigenvalue weighted by Crippen LogP contribution is -2.15. The van der Waals surface area contributed by atoms with E-state index in [1.807, 2.05) is 0 Å². The summed E-state index contributed by atoms with van der Waals surface area (Å²) in [6.45, 7) is 0. The predicted molar refractivity (Wildman–Crippen MR) is 71.7 cm³/mol. The Morgan fingerprint density at radius 2 is 1.90 bits per heavy atom. The smallest absolute Gasteiger partial charge is 0.258 e. The Morgan fingerprint density at radius 3 is 2.55 bits per heavy atom. The summed E-state index contributed by atoms with van der Waals surface area (Å²) in [6, 6.07) is 7.51. The van der Waals surface area contributed by atoms with E-state index in [1.165, 1.54) is 31.4 Å². The molecule has 0 aliphatic rings. The van der Waals surface area contributed by atoms with Gasteiger partial charge in [0.1, 0.15) is 17.4 Å². The normalized spacial score (nSPS) is 10.2. The monoisotopic (exact) mass is 278 g/mol. The Labute approximate surface area is 114 Å². The Bertz CT molecular complexity index is 660. The SMILES string of the molecule is COc1ccc(F)c(NC(=O)c2ccc(N)cc2F)c1. The van der Waals surface area contributed by atoms with Gasteiger partial charge in [0.05, 0.1) is 18.4 Å². The van der Waals surface area contributed by atoms with Gasteiger partial charge >= 0.3 is 0 Å². The highest BCUT2D eigenvalue weighted by Crippen LogP contribution is 2.22. The van der Waals surface area contributed by atoms with Crippen molar-refractivity contribution in [2.24, 2.45) is 0 Å². The number of rotatable bonds is 3.